The Morgan fingerprint density at radius 2 is 1.86 bits per heavy atom. The molecule has 0 heterocycles. The molecule has 22 heavy (non-hydrogen) atoms. The number of benzene rings is 1. The van der Waals surface area contributed by atoms with Crippen LogP contribution in [0.15, 0.2) is 24.3 Å². The quantitative estimate of drug-likeness (QED) is 0.836. The van der Waals surface area contributed by atoms with Gasteiger partial charge >= 0.3 is 12.6 Å². The van der Waals surface area contributed by atoms with Gasteiger partial charge in [0.05, 0.1) is 6.04 Å². The van der Waals surface area contributed by atoms with E-state index in [2.05, 4.69) is 15.4 Å². The predicted molar refractivity (Wildman–Crippen MR) is 76.6 cm³/mol. The minimum absolute atomic E-state index is 0.0758. The lowest BCUT2D eigenvalue weighted by Gasteiger charge is -2.23. The van der Waals surface area contributed by atoms with Crippen LogP contribution in [0.3, 0.4) is 0 Å². The first kappa shape index (κ1) is 17.8. The third kappa shape index (κ3) is 5.65. The molecule has 1 unspecified atom stereocenters. The summed E-state index contributed by atoms with van der Waals surface area (Å²) in [5.74, 6) is -0.355. The molecule has 0 radical (unpaired) electrons. The molecule has 0 aliphatic carbocycles. The van der Waals surface area contributed by atoms with Gasteiger partial charge in [-0.25, -0.2) is 4.79 Å². The molecule has 0 aliphatic rings. The highest BCUT2D eigenvalue weighted by atomic mass is 19.3. The molecule has 3 amide bonds. The van der Waals surface area contributed by atoms with E-state index in [4.69, 9.17) is 0 Å². The number of ether oxygens (including phenoxy) is 1. The Morgan fingerprint density at radius 3 is 2.36 bits per heavy atom. The van der Waals surface area contributed by atoms with Gasteiger partial charge < -0.3 is 10.1 Å². The fraction of sp³-hybridized carbons (Fsp3) is 0.429. The van der Waals surface area contributed by atoms with Gasteiger partial charge in [0.15, 0.2) is 0 Å². The Balaban J connectivity index is 2.58. The fourth-order valence-electron chi connectivity index (χ4n) is 1.68. The number of nitrogens with one attached hydrogen (secondary N) is 2. The molecule has 6 nitrogen and oxygen atoms in total. The number of likely N-dealkylation sites (N-methyl/N-ethyl adjacent to an activating group) is 1. The number of carbonyl (C=O) groups excluding carboxylic acids is 2. The molecule has 1 aromatic rings. The molecule has 0 saturated carbocycles. The van der Waals surface area contributed by atoms with Crippen molar-refractivity contribution in [2.45, 2.75) is 26.1 Å². The lowest BCUT2D eigenvalue weighted by atomic mass is 10.2. The Labute approximate surface area is 127 Å². The summed E-state index contributed by atoms with van der Waals surface area (Å²) in [5.41, 5.74) is 0.823. The van der Waals surface area contributed by atoms with Crippen molar-refractivity contribution in [1.82, 2.24) is 15.5 Å². The van der Waals surface area contributed by atoms with Gasteiger partial charge in [-0.3, -0.25) is 15.0 Å². The molecule has 8 heteroatoms. The largest absolute Gasteiger partial charge is 0.435 e. The third-order valence-electron chi connectivity index (χ3n) is 3.08. The van der Waals surface area contributed by atoms with Crippen molar-refractivity contribution in [3.8, 4) is 5.75 Å². The fourth-order valence-corrected chi connectivity index (χ4v) is 1.68. The summed E-state index contributed by atoms with van der Waals surface area (Å²) in [5, 5.41) is 4.49. The lowest BCUT2D eigenvalue weighted by Crippen LogP contribution is -2.47. The summed E-state index contributed by atoms with van der Waals surface area (Å²) >= 11 is 0. The van der Waals surface area contributed by atoms with Gasteiger partial charge in [-0.15, -0.1) is 0 Å². The molecular weight excluding hydrogens is 296 g/mol. The zero-order chi connectivity index (χ0) is 16.7. The van der Waals surface area contributed by atoms with Crippen LogP contribution in [0.2, 0.25) is 0 Å². The zero-order valence-corrected chi connectivity index (χ0v) is 12.6. The van der Waals surface area contributed by atoms with Crippen molar-refractivity contribution in [1.29, 1.82) is 0 Å². The maximum atomic E-state index is 12.1. The first-order valence-electron chi connectivity index (χ1n) is 6.60. The van der Waals surface area contributed by atoms with E-state index >= 15 is 0 Å². The average molecular weight is 315 g/mol. The van der Waals surface area contributed by atoms with Crippen LogP contribution in [0.5, 0.6) is 5.75 Å². The molecule has 0 saturated heterocycles. The summed E-state index contributed by atoms with van der Waals surface area (Å²) in [6.07, 6.45) is 0. The Kier molecular flexibility index (Phi) is 6.71. The molecule has 0 aromatic heterocycles. The Morgan fingerprint density at radius 1 is 1.27 bits per heavy atom. The maximum absolute atomic E-state index is 12.1. The van der Waals surface area contributed by atoms with E-state index < -0.39 is 24.6 Å². The number of rotatable bonds is 6. The zero-order valence-electron chi connectivity index (χ0n) is 12.6. The Hall–Kier alpha value is -2.22. The second kappa shape index (κ2) is 8.28. The molecular formula is C14H19F2N3O3. The van der Waals surface area contributed by atoms with Crippen LogP contribution in [0.25, 0.3) is 0 Å². The number of imide groups is 1. The van der Waals surface area contributed by atoms with E-state index in [9.17, 15) is 18.4 Å². The van der Waals surface area contributed by atoms with E-state index in [-0.39, 0.29) is 5.75 Å². The first-order valence-corrected chi connectivity index (χ1v) is 6.60. The van der Waals surface area contributed by atoms with Crippen molar-refractivity contribution in [2.75, 3.05) is 14.1 Å². The smallest absolute Gasteiger partial charge is 0.387 e. The second-order valence-electron chi connectivity index (χ2n) is 4.68. The predicted octanol–water partition coefficient (Wildman–Crippen LogP) is 1.56. The second-order valence-corrected chi connectivity index (χ2v) is 4.68. The maximum Gasteiger partial charge on any atom is 0.387 e. The van der Waals surface area contributed by atoms with Gasteiger partial charge in [-0.1, -0.05) is 12.1 Å². The first-order chi connectivity index (χ1) is 10.3. The highest BCUT2D eigenvalue weighted by molar-refractivity contribution is 5.96. The van der Waals surface area contributed by atoms with Crippen LogP contribution in [-0.2, 0) is 11.3 Å². The molecule has 0 bridgehead atoms. The van der Waals surface area contributed by atoms with E-state index in [1.54, 1.807) is 31.0 Å². The van der Waals surface area contributed by atoms with Crippen LogP contribution in [0, 0.1) is 0 Å². The van der Waals surface area contributed by atoms with Crippen molar-refractivity contribution in [3.05, 3.63) is 29.8 Å². The molecule has 0 fully saturated rings. The topological polar surface area (TPSA) is 70.7 Å². The SMILES string of the molecule is CNC(=O)NC(=O)C(C)N(C)Cc1ccc(OC(F)F)cc1. The lowest BCUT2D eigenvalue weighted by molar-refractivity contribution is -0.124. The van der Waals surface area contributed by atoms with Crippen LogP contribution < -0.4 is 15.4 Å². The van der Waals surface area contributed by atoms with E-state index in [1.165, 1.54) is 19.2 Å². The number of hydrogen-bond donors (Lipinski definition) is 2. The highest BCUT2D eigenvalue weighted by Crippen LogP contribution is 2.16. The van der Waals surface area contributed by atoms with Gasteiger partial charge in [0.2, 0.25) is 5.91 Å². The Bertz CT molecular complexity index is 509. The number of hydrogen-bond acceptors (Lipinski definition) is 4. The number of carbonyl (C=O) groups is 2. The van der Waals surface area contributed by atoms with E-state index in [1.807, 2.05) is 0 Å². The molecule has 1 rings (SSSR count). The van der Waals surface area contributed by atoms with E-state index in [0.717, 1.165) is 5.56 Å². The van der Waals surface area contributed by atoms with Crippen molar-refractivity contribution < 1.29 is 23.1 Å². The monoisotopic (exact) mass is 315 g/mol. The number of nitrogens with zero attached hydrogens (tertiary/aromatic N) is 1. The molecule has 0 spiro atoms. The van der Waals surface area contributed by atoms with Gasteiger partial charge in [0, 0.05) is 13.6 Å². The summed E-state index contributed by atoms with van der Waals surface area (Å²) in [6.45, 7) is -0.786. The minimum atomic E-state index is -2.86. The van der Waals surface area contributed by atoms with Crippen molar-refractivity contribution in [3.63, 3.8) is 0 Å². The molecule has 122 valence electrons. The van der Waals surface area contributed by atoms with E-state index in [0.29, 0.717) is 6.54 Å². The van der Waals surface area contributed by atoms with Gasteiger partial charge in [-0.05, 0) is 31.7 Å². The van der Waals surface area contributed by atoms with Crippen LogP contribution in [0.4, 0.5) is 13.6 Å². The molecule has 1 atom stereocenters. The molecule has 0 aliphatic heterocycles. The summed E-state index contributed by atoms with van der Waals surface area (Å²) in [6, 6.07) is 5.04. The van der Waals surface area contributed by atoms with Gasteiger partial charge in [0.1, 0.15) is 5.75 Å². The summed E-state index contributed by atoms with van der Waals surface area (Å²) < 4.78 is 28.4. The number of urea groups is 1. The average Bonchev–Trinajstić information content (AvgIpc) is 2.47. The summed E-state index contributed by atoms with van der Waals surface area (Å²) in [7, 11) is 3.14. The summed E-state index contributed by atoms with van der Waals surface area (Å²) in [4.78, 5) is 24.6. The van der Waals surface area contributed by atoms with Crippen molar-refractivity contribution in [2.24, 2.45) is 0 Å². The van der Waals surface area contributed by atoms with Gasteiger partial charge in [-0.2, -0.15) is 8.78 Å². The number of alkyl halides is 2. The van der Waals surface area contributed by atoms with Crippen LogP contribution in [0.1, 0.15) is 12.5 Å². The van der Waals surface area contributed by atoms with Gasteiger partial charge in [0.25, 0.3) is 0 Å². The number of amides is 3. The number of halogens is 2. The van der Waals surface area contributed by atoms with Crippen LogP contribution >= 0.6 is 0 Å². The molecule has 2 N–H and O–H groups in total. The molecule has 1 aromatic carbocycles. The standard InChI is InChI=1S/C14H19F2N3O3/c1-9(12(20)18-14(21)17-2)19(3)8-10-4-6-11(7-5-10)22-13(15)16/h4-7,9,13H,8H2,1-3H3,(H2,17,18,20,21). The third-order valence-corrected chi connectivity index (χ3v) is 3.08. The van der Waals surface area contributed by atoms with Crippen molar-refractivity contribution >= 4 is 11.9 Å². The normalized spacial score (nSPS) is 12.1. The highest BCUT2D eigenvalue weighted by Gasteiger charge is 2.19. The van der Waals surface area contributed by atoms with Crippen LogP contribution in [-0.4, -0.2) is 43.6 Å². The minimum Gasteiger partial charge on any atom is -0.435 e.